The molecule has 1 heterocycles. The van der Waals surface area contributed by atoms with Crippen LogP contribution in [-0.2, 0) is 0 Å². The summed E-state index contributed by atoms with van der Waals surface area (Å²) in [5, 5.41) is 13.6. The summed E-state index contributed by atoms with van der Waals surface area (Å²) < 4.78 is 0. The van der Waals surface area contributed by atoms with Crippen LogP contribution in [0.3, 0.4) is 0 Å². The highest BCUT2D eigenvalue weighted by Gasteiger charge is 2.05. The third kappa shape index (κ3) is 4.67. The van der Waals surface area contributed by atoms with Crippen LogP contribution < -0.4 is 5.32 Å². The predicted octanol–water partition coefficient (Wildman–Crippen LogP) is 2.13. The predicted molar refractivity (Wildman–Crippen MR) is 71.8 cm³/mol. The van der Waals surface area contributed by atoms with Gasteiger partial charge in [0, 0.05) is 12.6 Å². The highest BCUT2D eigenvalue weighted by Crippen LogP contribution is 2.11. The van der Waals surface area contributed by atoms with E-state index in [1.807, 2.05) is 0 Å². The first-order valence-corrected chi connectivity index (χ1v) is 6.24. The Morgan fingerprint density at radius 3 is 2.61 bits per heavy atom. The van der Waals surface area contributed by atoms with Crippen molar-refractivity contribution >= 4 is 11.5 Å². The van der Waals surface area contributed by atoms with Gasteiger partial charge in [0.1, 0.15) is 0 Å². The van der Waals surface area contributed by atoms with Gasteiger partial charge in [0.25, 0.3) is 0 Å². The minimum Gasteiger partial charge on any atom is -0.382 e. The second-order valence-corrected chi connectivity index (χ2v) is 3.97. The molecule has 0 fully saturated rings. The normalized spacial score (nSPS) is 10.6. The van der Waals surface area contributed by atoms with E-state index in [2.05, 4.69) is 29.0 Å². The SMILES string of the molecule is CCN(CC)CCCNc1ccc([N+](=O)[O-])nc1. The van der Waals surface area contributed by atoms with E-state index in [0.717, 1.165) is 38.3 Å². The lowest BCUT2D eigenvalue weighted by molar-refractivity contribution is -0.389. The largest absolute Gasteiger partial charge is 0.382 e. The molecule has 0 aliphatic carbocycles. The molecule has 0 aliphatic rings. The maximum atomic E-state index is 10.4. The number of nitrogens with zero attached hydrogens (tertiary/aromatic N) is 3. The molecule has 1 rings (SSSR count). The van der Waals surface area contributed by atoms with Crippen molar-refractivity contribution in [2.24, 2.45) is 0 Å². The molecule has 0 spiro atoms. The molecule has 0 unspecified atom stereocenters. The first-order chi connectivity index (χ1) is 8.67. The first-order valence-electron chi connectivity index (χ1n) is 6.24. The minimum absolute atomic E-state index is 0.122. The van der Waals surface area contributed by atoms with Gasteiger partial charge in [0.2, 0.25) is 0 Å². The number of nitro groups is 1. The maximum Gasteiger partial charge on any atom is 0.363 e. The molecule has 1 aromatic heterocycles. The fourth-order valence-corrected chi connectivity index (χ4v) is 1.67. The van der Waals surface area contributed by atoms with Gasteiger partial charge < -0.3 is 20.3 Å². The van der Waals surface area contributed by atoms with Crippen LogP contribution in [0.5, 0.6) is 0 Å². The molecule has 1 aromatic rings. The maximum absolute atomic E-state index is 10.4. The molecule has 0 atom stereocenters. The average molecular weight is 252 g/mol. The zero-order chi connectivity index (χ0) is 13.4. The Morgan fingerprint density at radius 1 is 1.39 bits per heavy atom. The van der Waals surface area contributed by atoms with E-state index >= 15 is 0 Å². The Bertz CT molecular complexity index is 363. The highest BCUT2D eigenvalue weighted by atomic mass is 16.6. The third-order valence-corrected chi connectivity index (χ3v) is 2.81. The van der Waals surface area contributed by atoms with E-state index in [0.29, 0.717) is 0 Å². The molecule has 0 radical (unpaired) electrons. The van der Waals surface area contributed by atoms with Gasteiger partial charge in [-0.3, -0.25) is 0 Å². The monoisotopic (exact) mass is 252 g/mol. The van der Waals surface area contributed by atoms with Crippen molar-refractivity contribution in [3.05, 3.63) is 28.4 Å². The molecule has 0 aliphatic heterocycles. The summed E-state index contributed by atoms with van der Waals surface area (Å²) in [5.74, 6) is -0.122. The van der Waals surface area contributed by atoms with Crippen LogP contribution in [0.15, 0.2) is 18.3 Å². The number of nitrogens with one attached hydrogen (secondary N) is 1. The van der Waals surface area contributed by atoms with Gasteiger partial charge >= 0.3 is 5.82 Å². The van der Waals surface area contributed by atoms with E-state index in [1.165, 1.54) is 12.3 Å². The summed E-state index contributed by atoms with van der Waals surface area (Å²) in [4.78, 5) is 16.0. The number of hydrogen-bond donors (Lipinski definition) is 1. The molecule has 0 bridgehead atoms. The fourth-order valence-electron chi connectivity index (χ4n) is 1.67. The molecule has 1 N–H and O–H groups in total. The quantitative estimate of drug-likeness (QED) is 0.436. The number of hydrogen-bond acceptors (Lipinski definition) is 5. The van der Waals surface area contributed by atoms with Crippen molar-refractivity contribution in [1.82, 2.24) is 9.88 Å². The van der Waals surface area contributed by atoms with Crippen molar-refractivity contribution in [2.75, 3.05) is 31.5 Å². The van der Waals surface area contributed by atoms with E-state index in [9.17, 15) is 10.1 Å². The molecule has 0 saturated heterocycles. The van der Waals surface area contributed by atoms with Crippen molar-refractivity contribution in [1.29, 1.82) is 0 Å². The van der Waals surface area contributed by atoms with Crippen molar-refractivity contribution < 1.29 is 4.92 Å². The second-order valence-electron chi connectivity index (χ2n) is 3.97. The lowest BCUT2D eigenvalue weighted by atomic mass is 10.3. The number of rotatable bonds is 8. The Kier molecular flexibility index (Phi) is 6.07. The summed E-state index contributed by atoms with van der Waals surface area (Å²) in [5.41, 5.74) is 0.820. The standard InChI is InChI=1S/C12H20N4O2/c1-3-15(4-2)9-5-8-13-11-6-7-12(14-10-11)16(17)18/h6-7,10,13H,3-5,8-9H2,1-2H3. The Morgan fingerprint density at radius 2 is 2.11 bits per heavy atom. The van der Waals surface area contributed by atoms with Crippen LogP contribution in [0.1, 0.15) is 20.3 Å². The van der Waals surface area contributed by atoms with E-state index in [4.69, 9.17) is 0 Å². The average Bonchev–Trinajstić information content (AvgIpc) is 2.39. The summed E-state index contributed by atoms with van der Waals surface area (Å²) >= 11 is 0. The summed E-state index contributed by atoms with van der Waals surface area (Å²) in [7, 11) is 0. The van der Waals surface area contributed by atoms with Crippen molar-refractivity contribution in [3.63, 3.8) is 0 Å². The summed E-state index contributed by atoms with van der Waals surface area (Å²) in [6, 6.07) is 3.09. The van der Waals surface area contributed by atoms with Gasteiger partial charge in [-0.2, -0.15) is 0 Å². The molecule has 18 heavy (non-hydrogen) atoms. The van der Waals surface area contributed by atoms with E-state index < -0.39 is 4.92 Å². The zero-order valence-corrected chi connectivity index (χ0v) is 10.9. The molecule has 0 amide bonds. The Labute approximate surface area is 107 Å². The molecular weight excluding hydrogens is 232 g/mol. The van der Waals surface area contributed by atoms with Crippen LogP contribution in [0.2, 0.25) is 0 Å². The smallest absolute Gasteiger partial charge is 0.363 e. The molecule has 6 heteroatoms. The van der Waals surface area contributed by atoms with Crippen LogP contribution in [0.4, 0.5) is 11.5 Å². The number of aromatic nitrogens is 1. The first kappa shape index (κ1) is 14.4. The van der Waals surface area contributed by atoms with E-state index in [-0.39, 0.29) is 5.82 Å². The van der Waals surface area contributed by atoms with Gasteiger partial charge in [0.05, 0.1) is 5.69 Å². The molecule has 0 aromatic carbocycles. The highest BCUT2D eigenvalue weighted by molar-refractivity contribution is 5.43. The lowest BCUT2D eigenvalue weighted by Crippen LogP contribution is -2.25. The minimum atomic E-state index is -0.496. The summed E-state index contributed by atoms with van der Waals surface area (Å²) in [6.07, 6.45) is 2.54. The number of pyridine rings is 1. The van der Waals surface area contributed by atoms with Crippen LogP contribution in [0, 0.1) is 10.1 Å². The lowest BCUT2D eigenvalue weighted by Gasteiger charge is -2.17. The van der Waals surface area contributed by atoms with Crippen molar-refractivity contribution in [2.45, 2.75) is 20.3 Å². The molecule has 100 valence electrons. The third-order valence-electron chi connectivity index (χ3n) is 2.81. The topological polar surface area (TPSA) is 71.3 Å². The van der Waals surface area contributed by atoms with Gasteiger partial charge in [-0.1, -0.05) is 13.8 Å². The Hall–Kier alpha value is -1.69. The van der Waals surface area contributed by atoms with Gasteiger partial charge in [-0.25, -0.2) is 0 Å². The number of anilines is 1. The molecular formula is C12H20N4O2. The molecule has 0 saturated carbocycles. The van der Waals surface area contributed by atoms with Gasteiger partial charge in [0.15, 0.2) is 6.20 Å². The second kappa shape index (κ2) is 7.60. The fraction of sp³-hybridized carbons (Fsp3) is 0.583. The van der Waals surface area contributed by atoms with Crippen LogP contribution >= 0.6 is 0 Å². The van der Waals surface area contributed by atoms with Crippen LogP contribution in [0.25, 0.3) is 0 Å². The van der Waals surface area contributed by atoms with Gasteiger partial charge in [-0.05, 0) is 42.0 Å². The van der Waals surface area contributed by atoms with Crippen LogP contribution in [-0.4, -0.2) is 41.0 Å². The van der Waals surface area contributed by atoms with E-state index in [1.54, 1.807) is 6.07 Å². The Balaban J connectivity index is 2.29. The molecule has 6 nitrogen and oxygen atoms in total. The summed E-state index contributed by atoms with van der Waals surface area (Å²) in [6.45, 7) is 8.33. The van der Waals surface area contributed by atoms with Crippen molar-refractivity contribution in [3.8, 4) is 0 Å². The zero-order valence-electron chi connectivity index (χ0n) is 10.9. The van der Waals surface area contributed by atoms with Gasteiger partial charge in [-0.15, -0.1) is 0 Å².